The Morgan fingerprint density at radius 3 is 2.13 bits per heavy atom. The summed E-state index contributed by atoms with van der Waals surface area (Å²) in [6, 6.07) is 0. The summed E-state index contributed by atoms with van der Waals surface area (Å²) in [5.74, 6) is 0.498. The van der Waals surface area contributed by atoms with Crippen LogP contribution in [0.15, 0.2) is 12.2 Å². The van der Waals surface area contributed by atoms with Crippen LogP contribution in [0.4, 0.5) is 0 Å². The molecule has 23 heavy (non-hydrogen) atoms. The maximum Gasteiger partial charge on any atom is 0.333 e. The number of quaternary nitrogens is 1. The van der Waals surface area contributed by atoms with Gasteiger partial charge in [-0.15, -0.1) is 0 Å². The van der Waals surface area contributed by atoms with E-state index in [-0.39, 0.29) is 24.3 Å². The highest BCUT2D eigenvalue weighted by atomic mass is 35.5. The maximum atomic E-state index is 12.0. The lowest BCUT2D eigenvalue weighted by Gasteiger charge is -2.60. The Balaban J connectivity index is 0.00000192. The molecule has 4 rings (SSSR count). The Labute approximate surface area is 143 Å². The fourth-order valence-electron chi connectivity index (χ4n) is 5.06. The molecule has 5 nitrogen and oxygen atoms in total. The molecule has 4 fully saturated rings. The van der Waals surface area contributed by atoms with Crippen LogP contribution in [0.25, 0.3) is 0 Å². The number of halogens is 1. The summed E-state index contributed by atoms with van der Waals surface area (Å²) in [5, 5.41) is 0. The molecule has 130 valence electrons. The summed E-state index contributed by atoms with van der Waals surface area (Å²) in [6.45, 7) is 5.90. The summed E-state index contributed by atoms with van der Waals surface area (Å²) < 4.78 is 11.7. The van der Waals surface area contributed by atoms with E-state index in [2.05, 4.69) is 12.3 Å². The van der Waals surface area contributed by atoms with Crippen molar-refractivity contribution in [1.82, 2.24) is 0 Å². The maximum absolute atomic E-state index is 12.0. The second-order valence-electron chi connectivity index (χ2n) is 7.57. The Kier molecular flexibility index (Phi) is 5.12. The highest BCUT2D eigenvalue weighted by Crippen LogP contribution is 2.60. The van der Waals surface area contributed by atoms with Crippen molar-refractivity contribution >= 4 is 11.9 Å². The summed E-state index contributed by atoms with van der Waals surface area (Å²) >= 11 is 0. The Morgan fingerprint density at radius 2 is 1.65 bits per heavy atom. The number of hydrogen-bond acceptors (Lipinski definition) is 4. The number of rotatable bonds is 5. The van der Waals surface area contributed by atoms with Crippen LogP contribution in [0, 0.1) is 11.8 Å². The first-order valence-corrected chi connectivity index (χ1v) is 8.25. The van der Waals surface area contributed by atoms with Crippen molar-refractivity contribution in [2.75, 3.05) is 6.54 Å². The molecule has 4 aliphatic carbocycles. The van der Waals surface area contributed by atoms with Crippen molar-refractivity contribution in [1.29, 1.82) is 0 Å². The van der Waals surface area contributed by atoms with E-state index >= 15 is 0 Å². The first-order valence-electron chi connectivity index (χ1n) is 8.25. The Hall–Kier alpha value is -1.07. The van der Waals surface area contributed by atoms with E-state index in [1.54, 1.807) is 6.92 Å². The highest BCUT2D eigenvalue weighted by Gasteiger charge is 2.61. The third-order valence-corrected chi connectivity index (χ3v) is 5.32. The summed E-state index contributed by atoms with van der Waals surface area (Å²) in [6.07, 6.45) is 5.80. The Bertz CT molecular complexity index is 505. The fraction of sp³-hybridized carbons (Fsp3) is 0.765. The lowest BCUT2D eigenvalue weighted by atomic mass is 9.52. The summed E-state index contributed by atoms with van der Waals surface area (Å²) in [7, 11) is 0. The van der Waals surface area contributed by atoms with Crippen molar-refractivity contribution in [3.8, 4) is 0 Å². The predicted molar refractivity (Wildman–Crippen MR) is 79.5 cm³/mol. The van der Waals surface area contributed by atoms with Gasteiger partial charge < -0.3 is 27.6 Å². The van der Waals surface area contributed by atoms with Crippen LogP contribution in [-0.4, -0.2) is 29.7 Å². The van der Waals surface area contributed by atoms with Gasteiger partial charge in [0.15, 0.2) is 0 Å². The van der Waals surface area contributed by atoms with Gasteiger partial charge in [-0.05, 0) is 50.9 Å². The van der Waals surface area contributed by atoms with Crippen LogP contribution in [0.5, 0.6) is 0 Å². The van der Waals surface area contributed by atoms with E-state index < -0.39 is 11.2 Å². The minimum absolute atomic E-state index is 0. The lowest BCUT2D eigenvalue weighted by Crippen LogP contribution is -3.00. The minimum Gasteiger partial charge on any atom is -1.00 e. The monoisotopic (exact) mass is 343 g/mol. The van der Waals surface area contributed by atoms with Gasteiger partial charge in [0.2, 0.25) is 0 Å². The largest absolute Gasteiger partial charge is 1.00 e. The molecule has 0 aliphatic heterocycles. The molecule has 2 atom stereocenters. The molecule has 0 aromatic carbocycles. The molecule has 0 radical (unpaired) electrons. The Morgan fingerprint density at radius 1 is 1.13 bits per heavy atom. The van der Waals surface area contributed by atoms with E-state index in [9.17, 15) is 9.59 Å². The molecule has 4 saturated carbocycles. The van der Waals surface area contributed by atoms with Crippen molar-refractivity contribution in [3.63, 3.8) is 0 Å². The van der Waals surface area contributed by atoms with Gasteiger partial charge in [-0.3, -0.25) is 4.79 Å². The van der Waals surface area contributed by atoms with Gasteiger partial charge in [0.1, 0.15) is 11.2 Å². The van der Waals surface area contributed by atoms with Crippen LogP contribution < -0.4 is 18.1 Å². The second kappa shape index (κ2) is 6.44. The predicted octanol–water partition coefficient (Wildman–Crippen LogP) is -1.62. The molecule has 2 unspecified atom stereocenters. The number of hydrogen-bond donors (Lipinski definition) is 1. The first-order chi connectivity index (χ1) is 10.4. The highest BCUT2D eigenvalue weighted by molar-refractivity contribution is 5.87. The van der Waals surface area contributed by atoms with E-state index in [1.807, 2.05) is 0 Å². The van der Waals surface area contributed by atoms with Crippen LogP contribution in [-0.2, 0) is 19.1 Å². The molecule has 3 N–H and O–H groups in total. The average molecular weight is 344 g/mol. The van der Waals surface area contributed by atoms with Gasteiger partial charge in [-0.25, -0.2) is 4.79 Å². The molecule has 0 amide bonds. The normalized spacial score (nSPS) is 37.0. The van der Waals surface area contributed by atoms with E-state index in [0.717, 1.165) is 25.7 Å². The van der Waals surface area contributed by atoms with Crippen LogP contribution in [0.1, 0.15) is 51.9 Å². The zero-order valence-corrected chi connectivity index (χ0v) is 14.5. The first kappa shape index (κ1) is 18.3. The van der Waals surface area contributed by atoms with Gasteiger partial charge in [-0.2, -0.15) is 0 Å². The number of carbonyl (C=O) groups excluding carboxylic acids is 2. The quantitative estimate of drug-likeness (QED) is 0.480. The smallest absolute Gasteiger partial charge is 0.333 e. The van der Waals surface area contributed by atoms with Gasteiger partial charge in [0.25, 0.3) is 0 Å². The number of ether oxygens (including phenoxy) is 2. The molecule has 0 heterocycles. The fourth-order valence-corrected chi connectivity index (χ4v) is 5.06. The van der Waals surface area contributed by atoms with E-state index in [0.29, 0.717) is 36.8 Å². The van der Waals surface area contributed by atoms with Gasteiger partial charge in [-0.1, -0.05) is 6.58 Å². The summed E-state index contributed by atoms with van der Waals surface area (Å²) in [4.78, 5) is 24.0. The minimum atomic E-state index is -0.454. The molecular formula is C17H26ClNO4. The van der Waals surface area contributed by atoms with Crippen LogP contribution >= 0.6 is 0 Å². The summed E-state index contributed by atoms with van der Waals surface area (Å²) in [5.41, 5.74) is 3.26. The second-order valence-corrected chi connectivity index (χ2v) is 7.57. The lowest BCUT2D eigenvalue weighted by molar-refractivity contribution is -0.367. The average Bonchev–Trinajstić information content (AvgIpc) is 2.35. The molecule has 0 aromatic rings. The number of esters is 2. The van der Waals surface area contributed by atoms with Gasteiger partial charge >= 0.3 is 11.9 Å². The zero-order valence-electron chi connectivity index (χ0n) is 13.7. The molecule has 0 spiro atoms. The standard InChI is InChI=1S/C17H25NO4.ClH/c1-11(2)15(20)22-17-8-12-5-13(9-17)7-16(6-12,10-17)21-14(19)3-4-18;/h12-13H,1,3-10,18H2,2H3;1H. The number of carbonyl (C=O) groups is 2. The molecular weight excluding hydrogens is 318 g/mol. The van der Waals surface area contributed by atoms with Crippen molar-refractivity contribution in [3.05, 3.63) is 12.2 Å². The van der Waals surface area contributed by atoms with Gasteiger partial charge in [0, 0.05) is 12.0 Å². The van der Waals surface area contributed by atoms with Crippen molar-refractivity contribution < 1.29 is 37.2 Å². The topological polar surface area (TPSA) is 80.2 Å². The molecule has 0 saturated heterocycles. The van der Waals surface area contributed by atoms with Gasteiger partial charge in [0.05, 0.1) is 13.0 Å². The SMILES string of the molecule is C=C(C)C(=O)OC12CC3CC(CC(OC(=O)CC[NH3+])(C3)C1)C2.[Cl-]. The molecule has 0 aromatic heterocycles. The van der Waals surface area contributed by atoms with Crippen LogP contribution in [0.3, 0.4) is 0 Å². The molecule has 4 bridgehead atoms. The third kappa shape index (κ3) is 3.56. The molecule has 6 heteroatoms. The zero-order chi connectivity index (χ0) is 16.0. The van der Waals surface area contributed by atoms with Crippen molar-refractivity contribution in [2.24, 2.45) is 11.8 Å². The van der Waals surface area contributed by atoms with E-state index in [1.165, 1.54) is 6.42 Å². The third-order valence-electron chi connectivity index (χ3n) is 5.32. The molecule has 4 aliphatic rings. The van der Waals surface area contributed by atoms with E-state index in [4.69, 9.17) is 9.47 Å². The van der Waals surface area contributed by atoms with Crippen LogP contribution in [0.2, 0.25) is 0 Å². The van der Waals surface area contributed by atoms with Crippen molar-refractivity contribution in [2.45, 2.75) is 63.1 Å².